The van der Waals surface area contributed by atoms with E-state index in [1.54, 1.807) is 0 Å². The van der Waals surface area contributed by atoms with Gasteiger partial charge in [0.1, 0.15) is 0 Å². The first-order valence-corrected chi connectivity index (χ1v) is 19.6. The molecule has 0 saturated heterocycles. The molecule has 4 aromatic rings. The normalized spacial score (nSPS) is 19.3. The molecule has 0 nitrogen and oxygen atoms in total. The van der Waals surface area contributed by atoms with Crippen molar-refractivity contribution in [2.45, 2.75) is 17.3 Å². The van der Waals surface area contributed by atoms with Gasteiger partial charge >= 0.3 is 189 Å². The van der Waals surface area contributed by atoms with Gasteiger partial charge in [0.05, 0.1) is 0 Å². The molecule has 0 heterocycles. The van der Waals surface area contributed by atoms with Gasteiger partial charge in [-0.2, -0.15) is 0 Å². The first-order chi connectivity index (χ1) is 14.3. The third-order valence-electron chi connectivity index (χ3n) is 6.51. The molecule has 5 rings (SSSR count). The van der Waals surface area contributed by atoms with Crippen LogP contribution in [0.5, 0.6) is 0 Å². The van der Waals surface area contributed by atoms with Crippen LogP contribution in [0, 0.1) is 0 Å². The molecular formula is C27H21ClHg. The third-order valence-corrected chi connectivity index (χ3v) is 12.1. The third kappa shape index (κ3) is 3.00. The van der Waals surface area contributed by atoms with Crippen LogP contribution in [0.2, 0.25) is 0 Å². The van der Waals surface area contributed by atoms with Crippen molar-refractivity contribution in [3.8, 4) is 0 Å². The summed E-state index contributed by atoms with van der Waals surface area (Å²) in [5.74, 6) is 0. The van der Waals surface area contributed by atoms with Gasteiger partial charge in [-0.15, -0.1) is 0 Å². The predicted octanol–water partition coefficient (Wildman–Crippen LogP) is 6.22. The minimum absolute atomic E-state index is 0.0707. The minimum atomic E-state index is -1.49. The molecule has 0 N–H and O–H groups in total. The topological polar surface area (TPSA) is 0 Å². The van der Waals surface area contributed by atoms with E-state index in [-0.39, 0.29) is 10.8 Å². The van der Waals surface area contributed by atoms with Gasteiger partial charge in [0.2, 0.25) is 0 Å². The Balaban J connectivity index is 1.82. The summed E-state index contributed by atoms with van der Waals surface area (Å²) in [7, 11) is 6.44. The Hall–Kier alpha value is -1.89. The fraction of sp³-hybridized carbons (Fsp3) is 0.111. The molecule has 0 amide bonds. The van der Waals surface area contributed by atoms with Crippen molar-refractivity contribution < 1.29 is 23.3 Å². The van der Waals surface area contributed by atoms with Crippen LogP contribution in [0.1, 0.15) is 28.7 Å². The molecule has 1 atom stereocenters. The molecule has 1 fully saturated rings. The quantitative estimate of drug-likeness (QED) is 0.246. The van der Waals surface area contributed by atoms with Gasteiger partial charge in [-0.25, -0.2) is 0 Å². The molecule has 2 heteroatoms. The Morgan fingerprint density at radius 2 is 0.931 bits per heavy atom. The molecule has 4 aromatic carbocycles. The summed E-state index contributed by atoms with van der Waals surface area (Å²) in [6, 6.07) is 42.2. The molecule has 0 aliphatic heterocycles. The monoisotopic (exact) mass is 582 g/mol. The zero-order chi connectivity index (χ0) is 19.7. The van der Waals surface area contributed by atoms with E-state index >= 15 is 0 Å². The molecule has 138 valence electrons. The van der Waals surface area contributed by atoms with Gasteiger partial charge in [0.15, 0.2) is 0 Å². The molecule has 1 saturated carbocycles. The second kappa shape index (κ2) is 7.74. The number of benzene rings is 4. The molecule has 0 spiro atoms. The van der Waals surface area contributed by atoms with Crippen molar-refractivity contribution in [2.75, 3.05) is 0 Å². The number of hydrogen-bond acceptors (Lipinski definition) is 0. The molecule has 0 bridgehead atoms. The van der Waals surface area contributed by atoms with Crippen molar-refractivity contribution in [1.29, 1.82) is 0 Å². The van der Waals surface area contributed by atoms with E-state index < -0.39 is 23.3 Å². The molecule has 1 aliphatic rings. The van der Waals surface area contributed by atoms with Crippen LogP contribution < -0.4 is 3.07 Å². The van der Waals surface area contributed by atoms with Gasteiger partial charge in [-0.3, -0.25) is 0 Å². The van der Waals surface area contributed by atoms with Crippen LogP contribution in [-0.2, 0) is 34.2 Å². The van der Waals surface area contributed by atoms with Crippen molar-refractivity contribution in [3.63, 3.8) is 0 Å². The van der Waals surface area contributed by atoms with Crippen molar-refractivity contribution in [1.82, 2.24) is 0 Å². The van der Waals surface area contributed by atoms with E-state index in [0.29, 0.717) is 0 Å². The Labute approximate surface area is 188 Å². The van der Waals surface area contributed by atoms with E-state index in [4.69, 9.17) is 8.25 Å². The summed E-state index contributed by atoms with van der Waals surface area (Å²) in [4.78, 5) is 0. The van der Waals surface area contributed by atoms with Gasteiger partial charge in [-0.05, 0) is 0 Å². The average molecular weight is 582 g/mol. The number of hydrogen-bond donors (Lipinski definition) is 0. The van der Waals surface area contributed by atoms with Crippen LogP contribution in [0.25, 0.3) is 0 Å². The SMILES string of the molecule is [Cl][Hg][c]1cccc(C2(c3ccccc3)CC2(c2ccccc2)c2ccccc2)c1. The average Bonchev–Trinajstić information content (AvgIpc) is 3.54. The summed E-state index contributed by atoms with van der Waals surface area (Å²) in [6.45, 7) is 0. The van der Waals surface area contributed by atoms with Crippen molar-refractivity contribution >= 4 is 11.3 Å². The van der Waals surface area contributed by atoms with Gasteiger partial charge in [0, 0.05) is 0 Å². The van der Waals surface area contributed by atoms with E-state index in [9.17, 15) is 0 Å². The van der Waals surface area contributed by atoms with E-state index in [0.717, 1.165) is 6.42 Å². The van der Waals surface area contributed by atoms with Crippen LogP contribution in [0.15, 0.2) is 115 Å². The Bertz CT molecular complexity index is 1070. The van der Waals surface area contributed by atoms with Crippen molar-refractivity contribution in [3.05, 3.63) is 138 Å². The predicted molar refractivity (Wildman–Crippen MR) is 117 cm³/mol. The van der Waals surface area contributed by atoms with Crippen molar-refractivity contribution in [2.24, 2.45) is 0 Å². The van der Waals surface area contributed by atoms with E-state index in [1.165, 1.54) is 25.3 Å². The molecule has 1 aliphatic carbocycles. The Morgan fingerprint density at radius 1 is 0.517 bits per heavy atom. The molecule has 0 aromatic heterocycles. The van der Waals surface area contributed by atoms with Crippen LogP contribution in [-0.4, -0.2) is 0 Å². The fourth-order valence-electron chi connectivity index (χ4n) is 5.17. The molecule has 1 unspecified atom stereocenters. The van der Waals surface area contributed by atoms with Gasteiger partial charge in [-0.1, -0.05) is 0 Å². The standard InChI is InChI=1S/C27H21.ClH.Hg/c1-5-13-22(14-6-1)26(23-15-7-2-8-16-23)21-27(26,24-17-9-3-10-18-24)25-19-11-4-12-20-25;;/h1-11,13-20H,21H2;1H;/q;;+1/p-1. The van der Waals surface area contributed by atoms with Crippen LogP contribution >= 0.6 is 8.25 Å². The molecule has 29 heavy (non-hydrogen) atoms. The summed E-state index contributed by atoms with van der Waals surface area (Å²) < 4.78 is 1.39. The maximum absolute atomic E-state index is 6.44. The zero-order valence-electron chi connectivity index (χ0n) is 16.3. The summed E-state index contributed by atoms with van der Waals surface area (Å²) in [5, 5.41) is 0. The summed E-state index contributed by atoms with van der Waals surface area (Å²) in [6.07, 6.45) is 1.07. The Morgan fingerprint density at radius 3 is 1.38 bits per heavy atom. The van der Waals surface area contributed by atoms with Gasteiger partial charge < -0.3 is 0 Å². The Kier molecular flexibility index (Phi) is 5.10. The first kappa shape index (κ1) is 19.1. The fourth-order valence-corrected chi connectivity index (χ4v) is 8.66. The second-order valence-corrected chi connectivity index (χ2v) is 14.5. The van der Waals surface area contributed by atoms with Crippen LogP contribution in [0.3, 0.4) is 0 Å². The van der Waals surface area contributed by atoms with Gasteiger partial charge in [0.25, 0.3) is 0 Å². The molecule has 0 radical (unpaired) electrons. The molecular weight excluding hydrogens is 560 g/mol. The summed E-state index contributed by atoms with van der Waals surface area (Å²) >= 11 is -1.49. The number of halogens is 1. The zero-order valence-corrected chi connectivity index (χ0v) is 22.5. The van der Waals surface area contributed by atoms with Crippen LogP contribution in [0.4, 0.5) is 0 Å². The second-order valence-electron chi connectivity index (χ2n) is 7.92. The number of rotatable bonds is 5. The summed E-state index contributed by atoms with van der Waals surface area (Å²) in [5.41, 5.74) is 5.41. The van der Waals surface area contributed by atoms with E-state index in [1.807, 2.05) is 0 Å². The van der Waals surface area contributed by atoms with E-state index in [2.05, 4.69) is 115 Å². The first-order valence-electron chi connectivity index (χ1n) is 10.1. The maximum atomic E-state index is 6.44.